The summed E-state index contributed by atoms with van der Waals surface area (Å²) in [6.07, 6.45) is -1.05. The van der Waals surface area contributed by atoms with Crippen LogP contribution >= 0.6 is 0 Å². The Bertz CT molecular complexity index is 170. The van der Waals surface area contributed by atoms with Crippen molar-refractivity contribution in [3.05, 3.63) is 0 Å². The van der Waals surface area contributed by atoms with Crippen LogP contribution in [-0.4, -0.2) is 53.6 Å². The van der Waals surface area contributed by atoms with E-state index in [4.69, 9.17) is 14.9 Å². The van der Waals surface area contributed by atoms with Gasteiger partial charge >= 0.3 is 6.09 Å². The van der Waals surface area contributed by atoms with Crippen LogP contribution in [0.2, 0.25) is 0 Å². The average Bonchev–Trinajstić information content (AvgIpc) is 2.04. The van der Waals surface area contributed by atoms with E-state index in [0.29, 0.717) is 6.61 Å². The lowest BCUT2D eigenvalue weighted by Crippen LogP contribution is -2.50. The van der Waals surface area contributed by atoms with Crippen LogP contribution in [0.3, 0.4) is 0 Å². The topological polar surface area (TPSA) is 70.0 Å². The van der Waals surface area contributed by atoms with Crippen LogP contribution in [0, 0.1) is 0 Å². The lowest BCUT2D eigenvalue weighted by Gasteiger charge is -2.34. The molecule has 0 aliphatic rings. The third kappa shape index (κ3) is 3.61. The maximum Gasteiger partial charge on any atom is 0.407 e. The first-order valence-corrected chi connectivity index (χ1v) is 4.06. The number of ether oxygens (including phenoxy) is 1. The second-order valence-electron chi connectivity index (χ2n) is 3.40. The highest BCUT2D eigenvalue weighted by Gasteiger charge is 2.29. The van der Waals surface area contributed by atoms with Gasteiger partial charge in [0.25, 0.3) is 0 Å². The number of carboxylic acid groups (broad SMARTS) is 1. The Kier molecular flexibility index (Phi) is 4.72. The summed E-state index contributed by atoms with van der Waals surface area (Å²) < 4.78 is 4.78. The first-order chi connectivity index (χ1) is 5.95. The summed E-state index contributed by atoms with van der Waals surface area (Å²) in [7, 11) is 1.51. The SMILES string of the molecule is COCCN(C(=O)O)C(C)(C)CO. The van der Waals surface area contributed by atoms with Crippen LogP contribution in [0.1, 0.15) is 13.8 Å². The average molecular weight is 191 g/mol. The van der Waals surface area contributed by atoms with Crippen LogP contribution in [0.5, 0.6) is 0 Å². The minimum Gasteiger partial charge on any atom is -0.465 e. The molecule has 0 aliphatic heterocycles. The first-order valence-electron chi connectivity index (χ1n) is 4.06. The van der Waals surface area contributed by atoms with Gasteiger partial charge in [-0.3, -0.25) is 4.90 Å². The fraction of sp³-hybridized carbons (Fsp3) is 0.875. The molecule has 0 rings (SSSR count). The van der Waals surface area contributed by atoms with E-state index in [0.717, 1.165) is 4.90 Å². The number of aliphatic hydroxyl groups excluding tert-OH is 1. The molecule has 0 aromatic heterocycles. The third-order valence-electron chi connectivity index (χ3n) is 1.87. The molecule has 1 amide bonds. The molecule has 5 heteroatoms. The fourth-order valence-electron chi connectivity index (χ4n) is 0.925. The molecule has 0 aromatic rings. The molecular formula is C8H17NO4. The van der Waals surface area contributed by atoms with Crippen LogP contribution in [0.4, 0.5) is 4.79 Å². The Labute approximate surface area is 77.9 Å². The highest BCUT2D eigenvalue weighted by Crippen LogP contribution is 2.13. The maximum atomic E-state index is 10.8. The standard InChI is InChI=1S/C8H17NO4/c1-8(2,6-10)9(7(11)12)4-5-13-3/h10H,4-6H2,1-3H3,(H,11,12). The van der Waals surface area contributed by atoms with Gasteiger partial charge in [0.1, 0.15) is 0 Å². The molecule has 0 fully saturated rings. The number of aliphatic hydroxyl groups is 1. The van der Waals surface area contributed by atoms with E-state index in [1.54, 1.807) is 13.8 Å². The molecule has 0 radical (unpaired) electrons. The van der Waals surface area contributed by atoms with E-state index in [9.17, 15) is 4.79 Å². The van der Waals surface area contributed by atoms with Gasteiger partial charge in [0.2, 0.25) is 0 Å². The minimum absolute atomic E-state index is 0.205. The Morgan fingerprint density at radius 2 is 2.08 bits per heavy atom. The fourth-order valence-corrected chi connectivity index (χ4v) is 0.925. The molecule has 78 valence electrons. The van der Waals surface area contributed by atoms with Crippen molar-refractivity contribution in [2.75, 3.05) is 26.9 Å². The van der Waals surface area contributed by atoms with Crippen LogP contribution in [-0.2, 0) is 4.74 Å². The molecule has 0 spiro atoms. The van der Waals surface area contributed by atoms with Gasteiger partial charge in [-0.1, -0.05) is 0 Å². The number of hydrogen-bond donors (Lipinski definition) is 2. The molecule has 13 heavy (non-hydrogen) atoms. The third-order valence-corrected chi connectivity index (χ3v) is 1.87. The van der Waals surface area contributed by atoms with Crippen molar-refractivity contribution in [3.63, 3.8) is 0 Å². The van der Waals surface area contributed by atoms with Crippen molar-refractivity contribution in [2.45, 2.75) is 19.4 Å². The van der Waals surface area contributed by atoms with Gasteiger partial charge in [0, 0.05) is 13.7 Å². The summed E-state index contributed by atoms with van der Waals surface area (Å²) >= 11 is 0. The molecule has 0 unspecified atom stereocenters. The molecule has 0 heterocycles. The van der Waals surface area contributed by atoms with Gasteiger partial charge in [-0.15, -0.1) is 0 Å². The Morgan fingerprint density at radius 1 is 1.54 bits per heavy atom. The minimum atomic E-state index is -1.05. The monoisotopic (exact) mass is 191 g/mol. The van der Waals surface area contributed by atoms with Crippen LogP contribution < -0.4 is 0 Å². The Morgan fingerprint density at radius 3 is 2.38 bits per heavy atom. The summed E-state index contributed by atoms with van der Waals surface area (Å²) in [4.78, 5) is 11.9. The van der Waals surface area contributed by atoms with Gasteiger partial charge in [-0.2, -0.15) is 0 Å². The number of rotatable bonds is 5. The zero-order valence-electron chi connectivity index (χ0n) is 8.28. The number of carbonyl (C=O) groups is 1. The van der Waals surface area contributed by atoms with Crippen molar-refractivity contribution in [1.29, 1.82) is 0 Å². The molecule has 0 aromatic carbocycles. The van der Waals surface area contributed by atoms with Gasteiger partial charge in [-0.05, 0) is 13.8 Å². The van der Waals surface area contributed by atoms with E-state index >= 15 is 0 Å². The summed E-state index contributed by atoms with van der Waals surface area (Å²) in [5.74, 6) is 0. The van der Waals surface area contributed by atoms with Gasteiger partial charge in [-0.25, -0.2) is 4.79 Å². The van der Waals surface area contributed by atoms with E-state index in [1.165, 1.54) is 7.11 Å². The van der Waals surface area contributed by atoms with E-state index in [-0.39, 0.29) is 13.2 Å². The molecule has 0 atom stereocenters. The van der Waals surface area contributed by atoms with Gasteiger partial charge < -0.3 is 14.9 Å². The molecule has 0 saturated carbocycles. The highest BCUT2D eigenvalue weighted by molar-refractivity contribution is 5.66. The number of amides is 1. The van der Waals surface area contributed by atoms with Crippen LogP contribution in [0.25, 0.3) is 0 Å². The summed E-state index contributed by atoms with van der Waals surface area (Å²) in [5, 5.41) is 17.8. The summed E-state index contributed by atoms with van der Waals surface area (Å²) in [6.45, 7) is 3.71. The predicted octanol–water partition coefficient (Wildman–Crippen LogP) is 0.384. The summed E-state index contributed by atoms with van der Waals surface area (Å²) in [5.41, 5.74) is -0.760. The van der Waals surface area contributed by atoms with Crippen molar-refractivity contribution in [1.82, 2.24) is 4.90 Å². The molecule has 5 nitrogen and oxygen atoms in total. The van der Waals surface area contributed by atoms with Crippen molar-refractivity contribution < 1.29 is 19.7 Å². The van der Waals surface area contributed by atoms with Crippen molar-refractivity contribution in [3.8, 4) is 0 Å². The quantitative estimate of drug-likeness (QED) is 0.659. The highest BCUT2D eigenvalue weighted by atomic mass is 16.5. The molecule has 0 bridgehead atoms. The maximum absolute atomic E-state index is 10.8. The normalized spacial score (nSPS) is 11.4. The lowest BCUT2D eigenvalue weighted by molar-refractivity contribution is 0.0382. The zero-order chi connectivity index (χ0) is 10.5. The van der Waals surface area contributed by atoms with Crippen LogP contribution in [0.15, 0.2) is 0 Å². The number of nitrogens with zero attached hydrogens (tertiary/aromatic N) is 1. The molecule has 0 saturated heterocycles. The first kappa shape index (κ1) is 12.2. The van der Waals surface area contributed by atoms with E-state index in [2.05, 4.69) is 0 Å². The van der Waals surface area contributed by atoms with Crippen molar-refractivity contribution >= 4 is 6.09 Å². The number of methoxy groups -OCH3 is 1. The zero-order valence-corrected chi connectivity index (χ0v) is 8.28. The Balaban J connectivity index is 4.32. The largest absolute Gasteiger partial charge is 0.465 e. The van der Waals surface area contributed by atoms with Crippen molar-refractivity contribution in [2.24, 2.45) is 0 Å². The predicted molar refractivity (Wildman–Crippen MR) is 47.8 cm³/mol. The lowest BCUT2D eigenvalue weighted by atomic mass is 10.1. The number of hydrogen-bond acceptors (Lipinski definition) is 3. The molecule has 0 aliphatic carbocycles. The smallest absolute Gasteiger partial charge is 0.407 e. The molecular weight excluding hydrogens is 174 g/mol. The van der Waals surface area contributed by atoms with E-state index < -0.39 is 11.6 Å². The Hall–Kier alpha value is -0.810. The summed E-state index contributed by atoms with van der Waals surface area (Å²) in [6, 6.07) is 0. The molecule has 2 N–H and O–H groups in total. The van der Waals surface area contributed by atoms with E-state index in [1.807, 2.05) is 0 Å². The van der Waals surface area contributed by atoms with Gasteiger partial charge in [0.15, 0.2) is 0 Å². The second kappa shape index (κ2) is 5.04. The second-order valence-corrected chi connectivity index (χ2v) is 3.40. The van der Waals surface area contributed by atoms with Gasteiger partial charge in [0.05, 0.1) is 18.8 Å².